The lowest BCUT2D eigenvalue weighted by atomic mass is 10.2. The third kappa shape index (κ3) is 3.34. The first kappa shape index (κ1) is 15.3. The number of nitrogens with one attached hydrogen (secondary N) is 2. The molecule has 0 saturated heterocycles. The number of hydrogen-bond donors (Lipinski definition) is 2. The number of anilines is 3. The van der Waals surface area contributed by atoms with Gasteiger partial charge < -0.3 is 10.6 Å². The number of fused-ring (bicyclic) bond motifs is 1. The van der Waals surface area contributed by atoms with Gasteiger partial charge in [-0.3, -0.25) is 9.78 Å². The van der Waals surface area contributed by atoms with Crippen molar-refractivity contribution in [3.8, 4) is 0 Å². The van der Waals surface area contributed by atoms with Crippen LogP contribution < -0.4 is 10.6 Å². The largest absolute Gasteiger partial charge is 0.352 e. The average Bonchev–Trinajstić information content (AvgIpc) is 3.19. The first-order chi connectivity index (χ1) is 12.3. The van der Waals surface area contributed by atoms with Crippen molar-refractivity contribution in [2.45, 2.75) is 0 Å². The number of carbonyl (C=O) groups is 1. The van der Waals surface area contributed by atoms with Crippen molar-refractivity contribution in [1.82, 2.24) is 9.97 Å². The summed E-state index contributed by atoms with van der Waals surface area (Å²) in [7, 11) is 0. The van der Waals surface area contributed by atoms with Crippen LogP contribution in [0, 0.1) is 0 Å². The third-order valence-electron chi connectivity index (χ3n) is 3.66. The van der Waals surface area contributed by atoms with Gasteiger partial charge in [-0.1, -0.05) is 24.3 Å². The number of aromatic nitrogens is 2. The van der Waals surface area contributed by atoms with Crippen molar-refractivity contribution < 1.29 is 4.79 Å². The molecular weight excluding hydrogens is 332 g/mol. The Hall–Kier alpha value is -3.25. The van der Waals surface area contributed by atoms with E-state index in [-0.39, 0.29) is 5.91 Å². The SMILES string of the molecule is O=C(Nc1ccc(Nc2cccc3cccnc23)cn1)c1cccs1. The molecule has 4 rings (SSSR count). The first-order valence-electron chi connectivity index (χ1n) is 7.71. The fourth-order valence-electron chi connectivity index (χ4n) is 2.49. The minimum Gasteiger partial charge on any atom is -0.352 e. The Kier molecular flexibility index (Phi) is 4.10. The van der Waals surface area contributed by atoms with Gasteiger partial charge in [0.15, 0.2) is 0 Å². The molecular formula is C19H14N4OS. The molecule has 0 bridgehead atoms. The molecule has 4 aromatic rings. The molecule has 6 heteroatoms. The molecule has 25 heavy (non-hydrogen) atoms. The third-order valence-corrected chi connectivity index (χ3v) is 4.53. The van der Waals surface area contributed by atoms with Crippen LogP contribution >= 0.6 is 11.3 Å². The van der Waals surface area contributed by atoms with E-state index in [4.69, 9.17) is 0 Å². The van der Waals surface area contributed by atoms with E-state index in [1.54, 1.807) is 24.5 Å². The number of thiophene rings is 1. The molecule has 0 saturated carbocycles. The van der Waals surface area contributed by atoms with E-state index < -0.39 is 0 Å². The zero-order chi connectivity index (χ0) is 17.1. The van der Waals surface area contributed by atoms with Crippen LogP contribution in [0.1, 0.15) is 9.67 Å². The van der Waals surface area contributed by atoms with Gasteiger partial charge in [-0.2, -0.15) is 0 Å². The molecule has 0 atom stereocenters. The second kappa shape index (κ2) is 6.70. The lowest BCUT2D eigenvalue weighted by molar-refractivity contribution is 0.103. The van der Waals surface area contributed by atoms with Crippen LogP contribution in [-0.2, 0) is 0 Å². The van der Waals surface area contributed by atoms with E-state index in [9.17, 15) is 4.79 Å². The molecule has 0 fully saturated rings. The number of nitrogens with zero attached hydrogens (tertiary/aromatic N) is 2. The predicted octanol–water partition coefficient (Wildman–Crippen LogP) is 4.69. The highest BCUT2D eigenvalue weighted by atomic mass is 32.1. The summed E-state index contributed by atoms with van der Waals surface area (Å²) in [5, 5.41) is 9.04. The van der Waals surface area contributed by atoms with Crippen LogP contribution in [0.2, 0.25) is 0 Å². The molecule has 0 unspecified atom stereocenters. The highest BCUT2D eigenvalue weighted by molar-refractivity contribution is 7.12. The highest BCUT2D eigenvalue weighted by Crippen LogP contribution is 2.24. The molecule has 0 aliphatic rings. The summed E-state index contributed by atoms with van der Waals surface area (Å²) in [6, 6.07) is 17.2. The summed E-state index contributed by atoms with van der Waals surface area (Å²) in [6.07, 6.45) is 3.46. The number of benzene rings is 1. The van der Waals surface area contributed by atoms with Crippen LogP contribution in [0.25, 0.3) is 10.9 Å². The van der Waals surface area contributed by atoms with Gasteiger partial charge in [-0.05, 0) is 35.7 Å². The van der Waals surface area contributed by atoms with Crippen molar-refractivity contribution in [2.75, 3.05) is 10.6 Å². The zero-order valence-corrected chi connectivity index (χ0v) is 14.0. The number of hydrogen-bond acceptors (Lipinski definition) is 5. The normalized spacial score (nSPS) is 10.6. The average molecular weight is 346 g/mol. The molecule has 122 valence electrons. The van der Waals surface area contributed by atoms with Crippen LogP contribution in [0.4, 0.5) is 17.2 Å². The van der Waals surface area contributed by atoms with Crippen LogP contribution in [0.3, 0.4) is 0 Å². The summed E-state index contributed by atoms with van der Waals surface area (Å²) in [6.45, 7) is 0. The number of pyridine rings is 2. The lowest BCUT2D eigenvalue weighted by Crippen LogP contribution is -2.11. The second-order valence-corrected chi connectivity index (χ2v) is 6.32. The molecule has 3 aromatic heterocycles. The minimum atomic E-state index is -0.151. The first-order valence-corrected chi connectivity index (χ1v) is 8.59. The summed E-state index contributed by atoms with van der Waals surface area (Å²) >= 11 is 1.40. The Bertz CT molecular complexity index is 1010. The molecule has 2 N–H and O–H groups in total. The molecule has 0 aliphatic carbocycles. The van der Waals surface area contributed by atoms with Gasteiger partial charge in [0.1, 0.15) is 5.82 Å². The molecule has 0 aliphatic heterocycles. The Labute approximate surface area is 148 Å². The van der Waals surface area contributed by atoms with E-state index in [0.29, 0.717) is 10.7 Å². The topological polar surface area (TPSA) is 66.9 Å². The van der Waals surface area contributed by atoms with Crippen LogP contribution in [0.15, 0.2) is 72.4 Å². The minimum absolute atomic E-state index is 0.151. The fraction of sp³-hybridized carbons (Fsp3) is 0. The molecule has 3 heterocycles. The fourth-order valence-corrected chi connectivity index (χ4v) is 3.11. The van der Waals surface area contributed by atoms with Crippen molar-refractivity contribution in [3.63, 3.8) is 0 Å². The van der Waals surface area contributed by atoms with Gasteiger partial charge in [-0.15, -0.1) is 11.3 Å². The lowest BCUT2D eigenvalue weighted by Gasteiger charge is -2.09. The molecule has 0 radical (unpaired) electrons. The molecule has 1 amide bonds. The molecule has 5 nitrogen and oxygen atoms in total. The van der Waals surface area contributed by atoms with Crippen molar-refractivity contribution in [2.24, 2.45) is 0 Å². The second-order valence-electron chi connectivity index (χ2n) is 5.37. The maximum Gasteiger partial charge on any atom is 0.266 e. The molecule has 0 spiro atoms. The molecule has 1 aromatic carbocycles. The van der Waals surface area contributed by atoms with Crippen molar-refractivity contribution in [1.29, 1.82) is 0 Å². The number of para-hydroxylation sites is 1. The van der Waals surface area contributed by atoms with Gasteiger partial charge in [0.25, 0.3) is 5.91 Å². The van der Waals surface area contributed by atoms with Crippen LogP contribution in [-0.4, -0.2) is 15.9 Å². The van der Waals surface area contributed by atoms with Gasteiger partial charge in [0.2, 0.25) is 0 Å². The van der Waals surface area contributed by atoms with Crippen molar-refractivity contribution in [3.05, 3.63) is 77.2 Å². The quantitative estimate of drug-likeness (QED) is 0.563. The maximum atomic E-state index is 12.0. The predicted molar refractivity (Wildman–Crippen MR) is 102 cm³/mol. The Morgan fingerprint density at radius 1 is 0.960 bits per heavy atom. The van der Waals surface area contributed by atoms with Gasteiger partial charge in [0.05, 0.1) is 28.0 Å². The van der Waals surface area contributed by atoms with Crippen molar-refractivity contribution >= 4 is 45.3 Å². The zero-order valence-electron chi connectivity index (χ0n) is 13.1. The van der Waals surface area contributed by atoms with E-state index in [1.165, 1.54) is 11.3 Å². The monoisotopic (exact) mass is 346 g/mol. The van der Waals surface area contributed by atoms with E-state index in [2.05, 4.69) is 20.6 Å². The Morgan fingerprint density at radius 2 is 1.88 bits per heavy atom. The maximum absolute atomic E-state index is 12.0. The van der Waals surface area contributed by atoms with Crippen LogP contribution in [0.5, 0.6) is 0 Å². The summed E-state index contributed by atoms with van der Waals surface area (Å²) in [4.78, 5) is 21.4. The van der Waals surface area contributed by atoms with Gasteiger partial charge in [-0.25, -0.2) is 4.98 Å². The number of amides is 1. The van der Waals surface area contributed by atoms with E-state index in [0.717, 1.165) is 22.3 Å². The number of carbonyl (C=O) groups excluding carboxylic acids is 1. The smallest absolute Gasteiger partial charge is 0.266 e. The van der Waals surface area contributed by atoms with E-state index >= 15 is 0 Å². The Balaban J connectivity index is 1.51. The Morgan fingerprint density at radius 3 is 2.68 bits per heavy atom. The standard InChI is InChI=1S/C19H14N4OS/c24-19(16-7-3-11-25-16)23-17-9-8-14(12-21-17)22-15-6-1-4-13-5-2-10-20-18(13)15/h1-12,22H,(H,21,23,24). The summed E-state index contributed by atoms with van der Waals surface area (Å²) in [5.74, 6) is 0.362. The van der Waals surface area contributed by atoms with Gasteiger partial charge in [0, 0.05) is 11.6 Å². The van der Waals surface area contributed by atoms with E-state index in [1.807, 2.05) is 47.8 Å². The summed E-state index contributed by atoms with van der Waals surface area (Å²) in [5.41, 5.74) is 2.64. The highest BCUT2D eigenvalue weighted by Gasteiger charge is 2.08. The summed E-state index contributed by atoms with van der Waals surface area (Å²) < 4.78 is 0. The number of rotatable bonds is 4. The van der Waals surface area contributed by atoms with Gasteiger partial charge >= 0.3 is 0 Å².